The van der Waals surface area contributed by atoms with Gasteiger partial charge in [0.2, 0.25) is 0 Å². The van der Waals surface area contributed by atoms with Gasteiger partial charge in [0.05, 0.1) is 12.2 Å². The van der Waals surface area contributed by atoms with Crippen LogP contribution in [0.1, 0.15) is 28.7 Å². The number of benzene rings is 1. The maximum atomic E-state index is 12.4. The van der Waals surface area contributed by atoms with Gasteiger partial charge in [0.15, 0.2) is 0 Å². The van der Waals surface area contributed by atoms with Crippen LogP contribution in [0.3, 0.4) is 0 Å². The molecule has 0 aliphatic rings. The molecule has 0 aliphatic carbocycles. The molecular weight excluding hydrogens is 280 g/mol. The fraction of sp³-hybridized carbons (Fsp3) is 0.353. The summed E-state index contributed by atoms with van der Waals surface area (Å²) in [6.07, 6.45) is 0. The monoisotopic (exact) mass is 302 g/mol. The highest BCUT2D eigenvalue weighted by Crippen LogP contribution is 2.19. The van der Waals surface area contributed by atoms with Gasteiger partial charge >= 0.3 is 0 Å². The number of aliphatic hydroxyl groups is 1. The third-order valence-corrected chi connectivity index (χ3v) is 3.61. The molecule has 5 heteroatoms. The first kappa shape index (κ1) is 16.1. The summed E-state index contributed by atoms with van der Waals surface area (Å²) in [5.41, 5.74) is 3.46. The van der Waals surface area contributed by atoms with E-state index in [-0.39, 0.29) is 19.1 Å². The molecule has 0 unspecified atom stereocenters. The van der Waals surface area contributed by atoms with E-state index in [1.807, 2.05) is 19.9 Å². The molecule has 0 aliphatic heterocycles. The van der Waals surface area contributed by atoms with Crippen LogP contribution >= 0.6 is 0 Å². The summed E-state index contributed by atoms with van der Waals surface area (Å²) < 4.78 is 7.40. The van der Waals surface area contributed by atoms with Crippen molar-refractivity contribution in [3.63, 3.8) is 0 Å². The summed E-state index contributed by atoms with van der Waals surface area (Å²) in [6, 6.07) is 9.00. The first-order chi connectivity index (χ1) is 10.6. The molecule has 0 spiro atoms. The van der Waals surface area contributed by atoms with Gasteiger partial charge < -0.3 is 19.7 Å². The van der Waals surface area contributed by atoms with Crippen molar-refractivity contribution in [1.29, 1.82) is 0 Å². The molecule has 1 amide bonds. The third kappa shape index (κ3) is 3.49. The Morgan fingerprint density at radius 2 is 1.95 bits per heavy atom. The first-order valence-electron chi connectivity index (χ1n) is 7.38. The van der Waals surface area contributed by atoms with Crippen molar-refractivity contribution in [3.8, 4) is 5.75 Å². The number of aryl methyl sites for hydroxylation is 1. The molecule has 0 fully saturated rings. The molecule has 2 aromatic rings. The predicted octanol–water partition coefficient (Wildman–Crippen LogP) is 2.75. The van der Waals surface area contributed by atoms with Gasteiger partial charge in [-0.25, -0.2) is 0 Å². The molecule has 22 heavy (non-hydrogen) atoms. The number of aromatic nitrogens is 1. The minimum atomic E-state index is -0.114. The number of anilines is 1. The second-order valence-corrected chi connectivity index (χ2v) is 5.08. The fourth-order valence-electron chi connectivity index (χ4n) is 2.51. The molecule has 0 radical (unpaired) electrons. The summed E-state index contributed by atoms with van der Waals surface area (Å²) >= 11 is 0. The Bertz CT molecular complexity index is 645. The van der Waals surface area contributed by atoms with E-state index >= 15 is 0 Å². The van der Waals surface area contributed by atoms with Gasteiger partial charge in [-0.2, -0.15) is 0 Å². The highest BCUT2D eigenvalue weighted by Gasteiger charge is 2.15. The van der Waals surface area contributed by atoms with E-state index in [1.54, 1.807) is 24.3 Å². The number of hydrogen-bond acceptors (Lipinski definition) is 3. The van der Waals surface area contributed by atoms with Crippen LogP contribution in [0.15, 0.2) is 30.3 Å². The van der Waals surface area contributed by atoms with E-state index < -0.39 is 0 Å². The van der Waals surface area contributed by atoms with Gasteiger partial charge in [-0.1, -0.05) is 0 Å². The van der Waals surface area contributed by atoms with E-state index in [4.69, 9.17) is 9.84 Å². The number of rotatable bonds is 6. The number of carbonyl (C=O) groups excluding carboxylic acids is 1. The number of ether oxygens (including phenoxy) is 1. The summed E-state index contributed by atoms with van der Waals surface area (Å²) in [4.78, 5) is 12.4. The van der Waals surface area contributed by atoms with Crippen LogP contribution in [0.4, 0.5) is 5.69 Å². The average Bonchev–Trinajstić information content (AvgIpc) is 2.81. The van der Waals surface area contributed by atoms with Gasteiger partial charge in [0, 0.05) is 23.6 Å². The second kappa shape index (κ2) is 7.13. The summed E-state index contributed by atoms with van der Waals surface area (Å²) in [5.74, 6) is 0.549. The van der Waals surface area contributed by atoms with E-state index in [9.17, 15) is 4.79 Å². The Hall–Kier alpha value is -2.27. The van der Waals surface area contributed by atoms with Gasteiger partial charge in [0.1, 0.15) is 12.4 Å². The zero-order valence-corrected chi connectivity index (χ0v) is 13.2. The summed E-state index contributed by atoms with van der Waals surface area (Å²) in [6.45, 7) is 7.10. The van der Waals surface area contributed by atoms with E-state index in [0.29, 0.717) is 17.0 Å². The van der Waals surface area contributed by atoms with Crippen LogP contribution in [-0.4, -0.2) is 28.8 Å². The van der Waals surface area contributed by atoms with Gasteiger partial charge in [-0.3, -0.25) is 4.79 Å². The zero-order chi connectivity index (χ0) is 16.1. The zero-order valence-electron chi connectivity index (χ0n) is 13.2. The number of aliphatic hydroxyl groups excluding tert-OH is 1. The highest BCUT2D eigenvalue weighted by molar-refractivity contribution is 6.05. The topological polar surface area (TPSA) is 63.5 Å². The van der Waals surface area contributed by atoms with E-state index in [2.05, 4.69) is 16.8 Å². The average molecular weight is 302 g/mol. The number of amides is 1. The van der Waals surface area contributed by atoms with Crippen LogP contribution in [0, 0.1) is 13.8 Å². The molecule has 118 valence electrons. The van der Waals surface area contributed by atoms with Crippen molar-refractivity contribution >= 4 is 11.6 Å². The molecule has 1 aromatic carbocycles. The molecule has 0 bridgehead atoms. The molecule has 0 atom stereocenters. The number of carbonyl (C=O) groups is 1. The van der Waals surface area contributed by atoms with E-state index in [0.717, 1.165) is 17.9 Å². The molecule has 2 N–H and O–H groups in total. The molecule has 1 heterocycles. The lowest BCUT2D eigenvalue weighted by molar-refractivity contribution is 0.102. The Kier molecular flexibility index (Phi) is 5.22. The number of hydrogen-bond donors (Lipinski definition) is 2. The number of nitrogens with zero attached hydrogens (tertiary/aromatic N) is 1. The minimum absolute atomic E-state index is 0.0223. The maximum Gasteiger partial charge on any atom is 0.257 e. The van der Waals surface area contributed by atoms with Crippen molar-refractivity contribution in [3.05, 3.63) is 47.3 Å². The maximum absolute atomic E-state index is 12.4. The van der Waals surface area contributed by atoms with Crippen molar-refractivity contribution < 1.29 is 14.6 Å². The smallest absolute Gasteiger partial charge is 0.257 e. The molecule has 0 saturated heterocycles. The number of nitrogens with one attached hydrogen (secondary N) is 1. The van der Waals surface area contributed by atoms with Crippen molar-refractivity contribution in [2.24, 2.45) is 0 Å². The fourth-order valence-corrected chi connectivity index (χ4v) is 2.51. The summed E-state index contributed by atoms with van der Waals surface area (Å²) in [5, 5.41) is 11.6. The normalized spacial score (nSPS) is 10.5. The Morgan fingerprint density at radius 3 is 2.50 bits per heavy atom. The minimum Gasteiger partial charge on any atom is -0.491 e. The quantitative estimate of drug-likeness (QED) is 0.862. The lowest BCUT2D eigenvalue weighted by Gasteiger charge is -2.08. The standard InChI is InChI=1S/C17H22N2O3/c1-4-19-12(2)11-16(13(19)3)17(21)18-14-5-7-15(8-6-14)22-10-9-20/h5-8,11,20H,4,9-10H2,1-3H3,(H,18,21). The van der Waals surface area contributed by atoms with Gasteiger partial charge in [0.25, 0.3) is 5.91 Å². The Morgan fingerprint density at radius 1 is 1.27 bits per heavy atom. The molecule has 1 aromatic heterocycles. The first-order valence-corrected chi connectivity index (χ1v) is 7.38. The Labute approximate surface area is 130 Å². The van der Waals surface area contributed by atoms with Gasteiger partial charge in [-0.15, -0.1) is 0 Å². The van der Waals surface area contributed by atoms with Crippen LogP contribution < -0.4 is 10.1 Å². The van der Waals surface area contributed by atoms with Crippen LogP contribution in [0.5, 0.6) is 5.75 Å². The lowest BCUT2D eigenvalue weighted by atomic mass is 10.2. The third-order valence-electron chi connectivity index (χ3n) is 3.61. The largest absolute Gasteiger partial charge is 0.491 e. The van der Waals surface area contributed by atoms with Crippen LogP contribution in [-0.2, 0) is 6.54 Å². The van der Waals surface area contributed by atoms with Crippen molar-refractivity contribution in [2.75, 3.05) is 18.5 Å². The highest BCUT2D eigenvalue weighted by atomic mass is 16.5. The van der Waals surface area contributed by atoms with Crippen LogP contribution in [0.2, 0.25) is 0 Å². The van der Waals surface area contributed by atoms with Gasteiger partial charge in [-0.05, 0) is 51.1 Å². The molecule has 2 rings (SSSR count). The molecule has 0 saturated carbocycles. The molecular formula is C17H22N2O3. The molecule has 5 nitrogen and oxygen atoms in total. The van der Waals surface area contributed by atoms with Crippen LogP contribution in [0.25, 0.3) is 0 Å². The predicted molar refractivity (Wildman–Crippen MR) is 86.6 cm³/mol. The Balaban J connectivity index is 2.09. The van der Waals surface area contributed by atoms with Crippen molar-refractivity contribution in [2.45, 2.75) is 27.3 Å². The lowest BCUT2D eigenvalue weighted by Crippen LogP contribution is -2.13. The SMILES string of the molecule is CCn1c(C)cc(C(=O)Nc2ccc(OCCO)cc2)c1C. The summed E-state index contributed by atoms with van der Waals surface area (Å²) in [7, 11) is 0. The van der Waals surface area contributed by atoms with E-state index in [1.165, 1.54) is 0 Å². The second-order valence-electron chi connectivity index (χ2n) is 5.08. The van der Waals surface area contributed by atoms with Crippen molar-refractivity contribution in [1.82, 2.24) is 4.57 Å².